The number of fused-ring (bicyclic) bond motifs is 5. The first-order valence-electron chi connectivity index (χ1n) is 18.5. The Morgan fingerprint density at radius 2 is 0.544 bits per heavy atom. The second-order valence-electron chi connectivity index (χ2n) is 13.5. The standard InChI is InChI=1S/C42H30O10S5/c1-5-47-31-27(43-1)17-53-37(31)23-11-21(12-24(15-23)38-32-28(18-54-38)44-2-6-48-32)22-13-25(39-33-29(19-55-39)45-3-7-49-33)16-26(14-22)40-35-36(52-10-9-51-35)42(57-40)41-34-30(20-56-41)46-4-8-50-34/h11-20H,1-10H2. The van der Waals surface area contributed by atoms with Crippen LogP contribution in [0.2, 0.25) is 0 Å². The van der Waals surface area contributed by atoms with Crippen LogP contribution in [0.25, 0.3) is 62.6 Å². The van der Waals surface area contributed by atoms with Gasteiger partial charge in [0.15, 0.2) is 57.5 Å². The summed E-state index contributed by atoms with van der Waals surface area (Å²) in [6.45, 7) is 5.02. The minimum Gasteiger partial charge on any atom is -0.485 e. The van der Waals surface area contributed by atoms with Gasteiger partial charge in [-0.05, 0) is 69.8 Å². The third-order valence-corrected chi connectivity index (χ3v) is 15.3. The second kappa shape index (κ2) is 13.8. The van der Waals surface area contributed by atoms with Crippen molar-refractivity contribution in [2.24, 2.45) is 0 Å². The molecular weight excluding hydrogens is 825 g/mol. The SMILES string of the molecule is c1c(-c2cc(-c3scc4c3OCCO4)cc(-c3sc(-c4scc5c4OCCO5)c4c3OCCO4)c2)cc(-c2scc3c2OCCO3)cc1-c1scc2c1OCCO2. The molecule has 0 saturated heterocycles. The molecule has 15 heteroatoms. The van der Waals surface area contributed by atoms with Crippen LogP contribution in [0.5, 0.6) is 57.5 Å². The van der Waals surface area contributed by atoms with Gasteiger partial charge in [0, 0.05) is 21.5 Å². The normalized spacial score (nSPS) is 16.1. The summed E-state index contributed by atoms with van der Waals surface area (Å²) in [5, 5.41) is 8.10. The van der Waals surface area contributed by atoms with Gasteiger partial charge in [-0.3, -0.25) is 0 Å². The van der Waals surface area contributed by atoms with Crippen molar-refractivity contribution in [3.63, 3.8) is 0 Å². The summed E-state index contributed by atoms with van der Waals surface area (Å²) in [5.74, 6) is 7.62. The summed E-state index contributed by atoms with van der Waals surface area (Å²) < 4.78 is 61.6. The number of hydrogen-bond acceptors (Lipinski definition) is 15. The zero-order chi connectivity index (χ0) is 37.5. The largest absolute Gasteiger partial charge is 0.485 e. The van der Waals surface area contributed by atoms with Gasteiger partial charge in [0.05, 0.1) is 29.3 Å². The highest BCUT2D eigenvalue weighted by molar-refractivity contribution is 7.24. The topological polar surface area (TPSA) is 92.3 Å². The van der Waals surface area contributed by atoms with E-state index in [1.54, 1.807) is 56.7 Å². The van der Waals surface area contributed by atoms with Gasteiger partial charge >= 0.3 is 0 Å². The highest BCUT2D eigenvalue weighted by Gasteiger charge is 2.32. The van der Waals surface area contributed by atoms with Crippen molar-refractivity contribution in [2.75, 3.05) is 66.1 Å². The van der Waals surface area contributed by atoms with Crippen molar-refractivity contribution in [2.45, 2.75) is 0 Å². The third-order valence-electron chi connectivity index (χ3n) is 10.1. The molecule has 0 saturated carbocycles. The Balaban J connectivity index is 1.08. The van der Waals surface area contributed by atoms with Gasteiger partial charge in [0.25, 0.3) is 0 Å². The van der Waals surface area contributed by atoms with E-state index in [4.69, 9.17) is 47.4 Å². The Morgan fingerprint density at radius 1 is 0.263 bits per heavy atom. The second-order valence-corrected chi connectivity index (χ2v) is 18.1. The third kappa shape index (κ3) is 5.73. The first-order chi connectivity index (χ1) is 28.2. The number of thiophene rings is 5. The van der Waals surface area contributed by atoms with Crippen LogP contribution in [0, 0.1) is 0 Å². The first-order valence-corrected chi connectivity index (χ1v) is 22.8. The van der Waals surface area contributed by atoms with Crippen LogP contribution in [0.3, 0.4) is 0 Å². The molecule has 5 aliphatic rings. The van der Waals surface area contributed by atoms with Gasteiger partial charge in [-0.2, -0.15) is 0 Å². The molecular formula is C42H30O10S5. The maximum atomic E-state index is 6.47. The Morgan fingerprint density at radius 3 is 0.947 bits per heavy atom. The summed E-state index contributed by atoms with van der Waals surface area (Å²) in [7, 11) is 0. The van der Waals surface area contributed by atoms with E-state index in [-0.39, 0.29) is 0 Å². The fraction of sp³-hybridized carbons (Fsp3) is 0.238. The van der Waals surface area contributed by atoms with Gasteiger partial charge in [-0.25, -0.2) is 0 Å². The molecule has 0 amide bonds. The van der Waals surface area contributed by atoms with Crippen LogP contribution < -0.4 is 47.4 Å². The summed E-state index contributed by atoms with van der Waals surface area (Å²) in [4.78, 5) is 5.94. The summed E-state index contributed by atoms with van der Waals surface area (Å²) in [6, 6.07) is 13.4. The summed E-state index contributed by atoms with van der Waals surface area (Å²) >= 11 is 8.10. The molecule has 288 valence electrons. The van der Waals surface area contributed by atoms with Crippen LogP contribution in [0.4, 0.5) is 0 Å². The Labute approximate surface area is 346 Å². The number of benzene rings is 2. The molecule has 10 heterocycles. The zero-order valence-electron chi connectivity index (χ0n) is 30.0. The van der Waals surface area contributed by atoms with E-state index in [1.165, 1.54) is 0 Å². The highest BCUT2D eigenvalue weighted by atomic mass is 32.1. The molecule has 5 aromatic heterocycles. The van der Waals surface area contributed by atoms with Crippen LogP contribution in [-0.4, -0.2) is 66.1 Å². The zero-order valence-corrected chi connectivity index (χ0v) is 34.1. The minimum atomic E-state index is 0.452. The molecule has 0 unspecified atom stereocenters. The summed E-state index contributed by atoms with van der Waals surface area (Å²) in [5.41, 5.74) is 6.07. The molecule has 12 rings (SSSR count). The van der Waals surface area contributed by atoms with Crippen molar-refractivity contribution in [1.82, 2.24) is 0 Å². The van der Waals surface area contributed by atoms with E-state index >= 15 is 0 Å². The predicted octanol–water partition coefficient (Wildman–Crippen LogP) is 10.9. The lowest BCUT2D eigenvalue weighted by molar-refractivity contribution is 0.172. The van der Waals surface area contributed by atoms with Crippen LogP contribution in [0.1, 0.15) is 0 Å². The van der Waals surface area contributed by atoms with Crippen LogP contribution in [-0.2, 0) is 0 Å². The van der Waals surface area contributed by atoms with E-state index in [2.05, 4.69) is 36.4 Å². The van der Waals surface area contributed by atoms with Crippen molar-refractivity contribution in [3.8, 4) is 120 Å². The van der Waals surface area contributed by atoms with Crippen LogP contribution in [0.15, 0.2) is 57.9 Å². The fourth-order valence-electron chi connectivity index (χ4n) is 7.61. The van der Waals surface area contributed by atoms with Gasteiger partial charge in [0.2, 0.25) is 0 Å². The van der Waals surface area contributed by atoms with Crippen molar-refractivity contribution >= 4 is 56.7 Å². The van der Waals surface area contributed by atoms with E-state index in [0.717, 1.165) is 120 Å². The molecule has 2 aromatic carbocycles. The lowest BCUT2D eigenvalue weighted by Gasteiger charge is -2.19. The molecule has 0 bridgehead atoms. The molecule has 0 aliphatic carbocycles. The van der Waals surface area contributed by atoms with E-state index in [0.29, 0.717) is 66.1 Å². The van der Waals surface area contributed by atoms with E-state index in [1.807, 2.05) is 21.5 Å². The van der Waals surface area contributed by atoms with Crippen LogP contribution >= 0.6 is 56.7 Å². The number of rotatable bonds is 6. The van der Waals surface area contributed by atoms with Gasteiger partial charge in [-0.1, -0.05) is 0 Å². The Kier molecular flexibility index (Phi) is 8.24. The Bertz CT molecular complexity index is 2630. The molecule has 10 nitrogen and oxygen atoms in total. The van der Waals surface area contributed by atoms with E-state index in [9.17, 15) is 0 Å². The fourth-order valence-corrected chi connectivity index (χ4v) is 12.6. The maximum Gasteiger partial charge on any atom is 0.181 e. The van der Waals surface area contributed by atoms with Gasteiger partial charge in [-0.15, -0.1) is 56.7 Å². The lowest BCUT2D eigenvalue weighted by Crippen LogP contribution is -2.15. The smallest absolute Gasteiger partial charge is 0.181 e. The Hall–Kier alpha value is -5.06. The average molecular weight is 855 g/mol. The van der Waals surface area contributed by atoms with Crippen molar-refractivity contribution in [3.05, 3.63) is 57.9 Å². The lowest BCUT2D eigenvalue weighted by atomic mass is 9.94. The highest BCUT2D eigenvalue weighted by Crippen LogP contribution is 2.59. The first kappa shape index (κ1) is 34.0. The number of ether oxygens (including phenoxy) is 10. The van der Waals surface area contributed by atoms with Gasteiger partial charge in [0.1, 0.15) is 66.1 Å². The van der Waals surface area contributed by atoms with Gasteiger partial charge < -0.3 is 47.4 Å². The molecule has 0 atom stereocenters. The molecule has 0 spiro atoms. The summed E-state index contributed by atoms with van der Waals surface area (Å²) in [6.07, 6.45) is 0. The maximum absolute atomic E-state index is 6.47. The predicted molar refractivity (Wildman–Crippen MR) is 223 cm³/mol. The number of hydrogen-bond donors (Lipinski definition) is 0. The molecule has 5 aliphatic heterocycles. The molecule has 0 fully saturated rings. The molecule has 0 N–H and O–H groups in total. The van der Waals surface area contributed by atoms with Crippen molar-refractivity contribution < 1.29 is 47.4 Å². The van der Waals surface area contributed by atoms with E-state index < -0.39 is 0 Å². The average Bonchev–Trinajstić information content (AvgIpc) is 4.12. The quantitative estimate of drug-likeness (QED) is 0.161. The molecule has 0 radical (unpaired) electrons. The molecule has 57 heavy (non-hydrogen) atoms. The van der Waals surface area contributed by atoms with Crippen molar-refractivity contribution in [1.29, 1.82) is 0 Å². The monoisotopic (exact) mass is 854 g/mol. The molecule has 7 aromatic rings. The minimum absolute atomic E-state index is 0.452.